The monoisotopic (exact) mass is 369 g/mol. The predicted octanol–water partition coefficient (Wildman–Crippen LogP) is 6.96. The summed E-state index contributed by atoms with van der Waals surface area (Å²) in [6.07, 6.45) is 6.75. The van der Waals surface area contributed by atoms with Crippen molar-refractivity contribution >= 4 is 11.6 Å². The highest BCUT2D eigenvalue weighted by molar-refractivity contribution is 6.04. The van der Waals surface area contributed by atoms with E-state index in [4.69, 9.17) is 0 Å². The predicted molar refractivity (Wildman–Crippen MR) is 117 cm³/mol. The van der Waals surface area contributed by atoms with E-state index in [-0.39, 0.29) is 5.91 Å². The zero-order chi connectivity index (χ0) is 19.3. The Morgan fingerprint density at radius 3 is 1.93 bits per heavy atom. The third-order valence-electron chi connectivity index (χ3n) is 5.78. The van der Waals surface area contributed by atoms with Crippen LogP contribution in [0.2, 0.25) is 0 Å². The molecule has 2 heteroatoms. The van der Waals surface area contributed by atoms with E-state index in [1.807, 2.05) is 55.5 Å². The van der Waals surface area contributed by atoms with Crippen LogP contribution in [0.25, 0.3) is 11.1 Å². The minimum atomic E-state index is -0.0805. The van der Waals surface area contributed by atoms with Crippen LogP contribution in [0.5, 0.6) is 0 Å². The third-order valence-corrected chi connectivity index (χ3v) is 5.78. The summed E-state index contributed by atoms with van der Waals surface area (Å²) in [6, 6.07) is 24.7. The molecular weight excluding hydrogens is 342 g/mol. The maximum atomic E-state index is 12.5. The summed E-state index contributed by atoms with van der Waals surface area (Å²) in [4.78, 5) is 12.5. The van der Waals surface area contributed by atoms with Crippen molar-refractivity contribution in [2.45, 2.75) is 44.9 Å². The normalized spacial score (nSPS) is 14.6. The Hall–Kier alpha value is -2.87. The summed E-state index contributed by atoms with van der Waals surface area (Å²) >= 11 is 0. The molecule has 0 unspecified atom stereocenters. The van der Waals surface area contributed by atoms with E-state index in [0.717, 1.165) is 17.2 Å². The smallest absolute Gasteiger partial charge is 0.255 e. The van der Waals surface area contributed by atoms with Gasteiger partial charge < -0.3 is 5.32 Å². The minimum Gasteiger partial charge on any atom is -0.322 e. The van der Waals surface area contributed by atoms with Crippen LogP contribution in [-0.4, -0.2) is 5.91 Å². The van der Waals surface area contributed by atoms with Crippen LogP contribution in [0.1, 0.15) is 59.5 Å². The Balaban J connectivity index is 1.43. The summed E-state index contributed by atoms with van der Waals surface area (Å²) in [7, 11) is 0. The SMILES string of the molecule is Cc1ccc(NC(=O)c2ccc(-c3ccc(C4CCCCC4)cc3)cc2)cc1. The van der Waals surface area contributed by atoms with E-state index in [0.29, 0.717) is 5.56 Å². The van der Waals surface area contributed by atoms with Gasteiger partial charge >= 0.3 is 0 Å². The van der Waals surface area contributed by atoms with Crippen LogP contribution >= 0.6 is 0 Å². The van der Waals surface area contributed by atoms with Gasteiger partial charge in [0.1, 0.15) is 0 Å². The standard InChI is InChI=1S/C26H27NO/c1-19-7-17-25(18-8-19)27-26(28)24-15-13-23(14-16-24)22-11-9-21(10-12-22)20-5-3-2-4-6-20/h7-18,20H,2-6H2,1H3,(H,27,28). The first-order valence-electron chi connectivity index (χ1n) is 10.3. The highest BCUT2D eigenvalue weighted by atomic mass is 16.1. The number of hydrogen-bond donors (Lipinski definition) is 1. The Morgan fingerprint density at radius 1 is 0.750 bits per heavy atom. The second-order valence-electron chi connectivity index (χ2n) is 7.85. The van der Waals surface area contributed by atoms with Gasteiger partial charge in [0.2, 0.25) is 0 Å². The quantitative estimate of drug-likeness (QED) is 0.529. The molecule has 0 atom stereocenters. The number of anilines is 1. The maximum Gasteiger partial charge on any atom is 0.255 e. The number of rotatable bonds is 4. The average Bonchev–Trinajstić information content (AvgIpc) is 2.76. The van der Waals surface area contributed by atoms with Crippen molar-refractivity contribution in [2.75, 3.05) is 5.32 Å². The topological polar surface area (TPSA) is 29.1 Å². The van der Waals surface area contributed by atoms with Gasteiger partial charge in [-0.2, -0.15) is 0 Å². The van der Waals surface area contributed by atoms with Crippen molar-refractivity contribution in [2.24, 2.45) is 0 Å². The van der Waals surface area contributed by atoms with E-state index in [9.17, 15) is 4.79 Å². The summed E-state index contributed by atoms with van der Waals surface area (Å²) in [5.74, 6) is 0.652. The molecule has 0 heterocycles. The molecule has 2 nitrogen and oxygen atoms in total. The van der Waals surface area contributed by atoms with Crippen LogP contribution in [0.4, 0.5) is 5.69 Å². The van der Waals surface area contributed by atoms with E-state index in [2.05, 4.69) is 29.6 Å². The Morgan fingerprint density at radius 2 is 1.32 bits per heavy atom. The lowest BCUT2D eigenvalue weighted by molar-refractivity contribution is 0.102. The molecule has 1 fully saturated rings. The number of carbonyl (C=O) groups is 1. The van der Waals surface area contributed by atoms with E-state index < -0.39 is 0 Å². The van der Waals surface area contributed by atoms with Gasteiger partial charge in [-0.15, -0.1) is 0 Å². The molecule has 1 saturated carbocycles. The molecule has 3 aromatic carbocycles. The number of hydrogen-bond acceptors (Lipinski definition) is 1. The van der Waals surface area contributed by atoms with Gasteiger partial charge in [-0.05, 0) is 66.6 Å². The van der Waals surface area contributed by atoms with E-state index in [1.165, 1.54) is 48.8 Å². The number of benzene rings is 3. The zero-order valence-corrected chi connectivity index (χ0v) is 16.4. The lowest BCUT2D eigenvalue weighted by Gasteiger charge is -2.22. The van der Waals surface area contributed by atoms with Crippen molar-refractivity contribution in [3.05, 3.63) is 89.5 Å². The van der Waals surface area contributed by atoms with Gasteiger partial charge in [0.05, 0.1) is 0 Å². The van der Waals surface area contributed by atoms with Crippen LogP contribution < -0.4 is 5.32 Å². The van der Waals surface area contributed by atoms with E-state index >= 15 is 0 Å². The van der Waals surface area contributed by atoms with Gasteiger partial charge in [-0.1, -0.05) is 73.4 Å². The molecule has 0 spiro atoms. The van der Waals surface area contributed by atoms with Crippen molar-refractivity contribution in [1.82, 2.24) is 0 Å². The van der Waals surface area contributed by atoms with Crippen LogP contribution in [0, 0.1) is 6.92 Å². The Kier molecular flexibility index (Phi) is 5.57. The summed E-state index contributed by atoms with van der Waals surface area (Å²) in [5.41, 5.74) is 6.47. The van der Waals surface area contributed by atoms with Gasteiger partial charge in [-0.25, -0.2) is 0 Å². The zero-order valence-electron chi connectivity index (χ0n) is 16.4. The summed E-state index contributed by atoms with van der Waals surface area (Å²) < 4.78 is 0. The molecular formula is C26H27NO. The highest BCUT2D eigenvalue weighted by Crippen LogP contribution is 2.33. The summed E-state index contributed by atoms with van der Waals surface area (Å²) in [6.45, 7) is 2.03. The Labute approximate surface area is 167 Å². The molecule has 1 N–H and O–H groups in total. The fraction of sp³-hybridized carbons (Fsp3) is 0.269. The van der Waals surface area contributed by atoms with Crippen molar-refractivity contribution in [3.63, 3.8) is 0 Å². The van der Waals surface area contributed by atoms with Gasteiger partial charge in [-0.3, -0.25) is 4.79 Å². The fourth-order valence-electron chi connectivity index (χ4n) is 4.04. The Bertz CT molecular complexity index is 918. The molecule has 3 aromatic rings. The van der Waals surface area contributed by atoms with Crippen LogP contribution in [0.3, 0.4) is 0 Å². The fourth-order valence-corrected chi connectivity index (χ4v) is 4.04. The lowest BCUT2D eigenvalue weighted by Crippen LogP contribution is -2.11. The largest absolute Gasteiger partial charge is 0.322 e. The number of amides is 1. The molecule has 4 rings (SSSR count). The minimum absolute atomic E-state index is 0.0805. The molecule has 1 amide bonds. The third kappa shape index (κ3) is 4.33. The first-order chi connectivity index (χ1) is 13.7. The molecule has 0 aliphatic heterocycles. The highest BCUT2D eigenvalue weighted by Gasteiger charge is 2.15. The second-order valence-corrected chi connectivity index (χ2v) is 7.85. The maximum absolute atomic E-state index is 12.5. The lowest BCUT2D eigenvalue weighted by atomic mass is 9.84. The first-order valence-corrected chi connectivity index (χ1v) is 10.3. The van der Waals surface area contributed by atoms with E-state index in [1.54, 1.807) is 0 Å². The average molecular weight is 370 g/mol. The van der Waals surface area contributed by atoms with Crippen LogP contribution in [0.15, 0.2) is 72.8 Å². The van der Waals surface area contributed by atoms with Crippen LogP contribution in [-0.2, 0) is 0 Å². The molecule has 0 aromatic heterocycles. The van der Waals surface area contributed by atoms with Crippen molar-refractivity contribution < 1.29 is 4.79 Å². The molecule has 1 aliphatic rings. The number of nitrogens with one attached hydrogen (secondary N) is 1. The first kappa shape index (κ1) is 18.5. The number of carbonyl (C=O) groups excluding carboxylic acids is 1. The molecule has 0 radical (unpaired) electrons. The van der Waals surface area contributed by atoms with Crippen molar-refractivity contribution in [3.8, 4) is 11.1 Å². The van der Waals surface area contributed by atoms with Gasteiger partial charge in [0.15, 0.2) is 0 Å². The van der Waals surface area contributed by atoms with Crippen molar-refractivity contribution in [1.29, 1.82) is 0 Å². The van der Waals surface area contributed by atoms with Gasteiger partial charge in [0, 0.05) is 11.3 Å². The molecule has 0 bridgehead atoms. The molecule has 28 heavy (non-hydrogen) atoms. The molecule has 1 aliphatic carbocycles. The number of aryl methyl sites for hydroxylation is 1. The summed E-state index contributed by atoms with van der Waals surface area (Å²) in [5, 5.41) is 2.95. The molecule has 0 saturated heterocycles. The molecule has 142 valence electrons. The second kappa shape index (κ2) is 8.43. The van der Waals surface area contributed by atoms with Gasteiger partial charge in [0.25, 0.3) is 5.91 Å².